The Morgan fingerprint density at radius 2 is 0.883 bits per heavy atom. The normalized spacial score (nSPS) is 14.2. The number of aliphatic hydroxyl groups is 1. The van der Waals surface area contributed by atoms with Crippen molar-refractivity contribution < 1.29 is 28.4 Å². The number of aliphatic hydroxyl groups excluding tert-OH is 1. The van der Waals surface area contributed by atoms with Crippen molar-refractivity contribution >= 4 is 13.7 Å². The largest absolute Gasteiger partial charge is 0.472 e. The Balaban J connectivity index is 4.11. The van der Waals surface area contributed by atoms with Crippen molar-refractivity contribution in [2.45, 2.75) is 264 Å². The molecule has 0 spiro atoms. The fraction of sp³-hybridized carbons (Fsp3) is 0.863. The van der Waals surface area contributed by atoms with Gasteiger partial charge in [0.15, 0.2) is 0 Å². The standard InChI is InChI=1S/C51H99N2O6P/c1-3-5-7-9-11-13-15-17-19-21-23-24-25-26-27-29-31-33-35-37-39-41-43-45-51(55)53-49(48-59-60(56,57)58-47-46-52)50(54)44-42-40-38-36-34-32-30-28-22-20-18-16-14-12-10-8-6-4-2/h22,28,34,36,42,44,49-50,54H,3-21,23-27,29-33,35,37-41,43,45-48,52H2,1-2H3,(H,53,55)(H,56,57)/b28-22+,36-34+,44-42+. The Labute approximate surface area is 371 Å². The second-order valence-corrected chi connectivity index (χ2v) is 18.8. The molecule has 0 aromatic heterocycles. The zero-order valence-corrected chi connectivity index (χ0v) is 40.3. The van der Waals surface area contributed by atoms with Crippen LogP contribution in [0.5, 0.6) is 0 Å². The summed E-state index contributed by atoms with van der Waals surface area (Å²) >= 11 is 0. The Morgan fingerprint density at radius 1 is 0.533 bits per heavy atom. The molecule has 3 atom stereocenters. The first-order chi connectivity index (χ1) is 29.4. The highest BCUT2D eigenvalue weighted by Gasteiger charge is 2.26. The van der Waals surface area contributed by atoms with Gasteiger partial charge in [0.05, 0.1) is 25.4 Å². The van der Waals surface area contributed by atoms with Gasteiger partial charge in [-0.3, -0.25) is 13.8 Å². The van der Waals surface area contributed by atoms with Crippen molar-refractivity contribution in [2.24, 2.45) is 5.73 Å². The van der Waals surface area contributed by atoms with Crippen LogP contribution < -0.4 is 11.1 Å². The van der Waals surface area contributed by atoms with Gasteiger partial charge in [0.1, 0.15) is 0 Å². The smallest absolute Gasteiger partial charge is 0.387 e. The lowest BCUT2D eigenvalue weighted by molar-refractivity contribution is -0.123. The van der Waals surface area contributed by atoms with Crippen molar-refractivity contribution in [2.75, 3.05) is 19.8 Å². The van der Waals surface area contributed by atoms with Crippen molar-refractivity contribution in [3.63, 3.8) is 0 Å². The summed E-state index contributed by atoms with van der Waals surface area (Å²) in [6.07, 6.45) is 57.9. The summed E-state index contributed by atoms with van der Waals surface area (Å²) in [6, 6.07) is -0.881. The van der Waals surface area contributed by atoms with Gasteiger partial charge in [-0.15, -0.1) is 0 Å². The molecule has 354 valence electrons. The SMILES string of the molecule is CCCCCCCCCC/C=C/CC/C=C/CC/C=C/C(O)C(COP(=O)(O)OCCN)NC(=O)CCCCCCCCCCCCCCCCCCCCCCCCC. The molecular weight excluding hydrogens is 768 g/mol. The number of carbonyl (C=O) groups excluding carboxylic acids is 1. The van der Waals surface area contributed by atoms with Crippen LogP contribution in [-0.4, -0.2) is 47.8 Å². The third-order valence-electron chi connectivity index (χ3n) is 11.4. The summed E-state index contributed by atoms with van der Waals surface area (Å²) in [6.45, 7) is 4.13. The summed E-state index contributed by atoms with van der Waals surface area (Å²) in [7, 11) is -4.35. The molecule has 0 saturated heterocycles. The first kappa shape index (κ1) is 58.7. The highest BCUT2D eigenvalue weighted by atomic mass is 31.2. The highest BCUT2D eigenvalue weighted by molar-refractivity contribution is 7.47. The first-order valence-electron chi connectivity index (χ1n) is 25.6. The van der Waals surface area contributed by atoms with E-state index < -0.39 is 20.0 Å². The lowest BCUT2D eigenvalue weighted by atomic mass is 10.0. The first-order valence-corrected chi connectivity index (χ1v) is 27.1. The summed E-state index contributed by atoms with van der Waals surface area (Å²) in [5, 5.41) is 13.7. The maximum atomic E-state index is 12.8. The van der Waals surface area contributed by atoms with Crippen LogP contribution in [0.25, 0.3) is 0 Å². The molecule has 0 fully saturated rings. The molecule has 0 aliphatic carbocycles. The molecule has 9 heteroatoms. The molecule has 3 unspecified atom stereocenters. The van der Waals surface area contributed by atoms with E-state index in [-0.39, 0.29) is 25.7 Å². The van der Waals surface area contributed by atoms with E-state index in [1.165, 1.54) is 186 Å². The van der Waals surface area contributed by atoms with E-state index in [1.807, 2.05) is 6.08 Å². The number of carbonyl (C=O) groups is 1. The molecule has 0 aromatic carbocycles. The van der Waals surface area contributed by atoms with Gasteiger partial charge in [0.25, 0.3) is 0 Å². The summed E-state index contributed by atoms with van der Waals surface area (Å²) in [5.74, 6) is -0.204. The predicted octanol–water partition coefficient (Wildman–Crippen LogP) is 15.1. The predicted molar refractivity (Wildman–Crippen MR) is 258 cm³/mol. The minimum absolute atomic E-state index is 0.0729. The third kappa shape index (κ3) is 44.8. The lowest BCUT2D eigenvalue weighted by Gasteiger charge is -2.23. The Bertz CT molecular complexity index is 1040. The molecule has 0 heterocycles. The van der Waals surface area contributed by atoms with Gasteiger partial charge in [-0.25, -0.2) is 4.57 Å². The molecule has 0 bridgehead atoms. The number of amides is 1. The van der Waals surface area contributed by atoms with Gasteiger partial charge in [-0.2, -0.15) is 0 Å². The number of hydrogen-bond donors (Lipinski definition) is 4. The number of allylic oxidation sites excluding steroid dienone is 5. The van der Waals surface area contributed by atoms with Gasteiger partial charge in [0.2, 0.25) is 5.91 Å². The second-order valence-electron chi connectivity index (χ2n) is 17.4. The van der Waals surface area contributed by atoms with E-state index in [1.54, 1.807) is 6.08 Å². The average Bonchev–Trinajstić information content (AvgIpc) is 3.24. The molecule has 1 amide bonds. The van der Waals surface area contributed by atoms with E-state index in [2.05, 4.69) is 43.5 Å². The fourth-order valence-corrected chi connectivity index (χ4v) is 8.34. The number of nitrogens with one attached hydrogen (secondary N) is 1. The van der Waals surface area contributed by atoms with Gasteiger partial charge in [0, 0.05) is 13.0 Å². The molecule has 60 heavy (non-hydrogen) atoms. The van der Waals surface area contributed by atoms with E-state index in [0.29, 0.717) is 6.42 Å². The third-order valence-corrected chi connectivity index (χ3v) is 12.4. The Morgan fingerprint density at radius 3 is 1.28 bits per heavy atom. The molecule has 8 nitrogen and oxygen atoms in total. The fourth-order valence-electron chi connectivity index (χ4n) is 7.58. The van der Waals surface area contributed by atoms with Crippen LogP contribution in [0, 0.1) is 0 Å². The van der Waals surface area contributed by atoms with Crippen LogP contribution in [0.1, 0.15) is 251 Å². The van der Waals surface area contributed by atoms with Crippen LogP contribution in [-0.2, 0) is 18.4 Å². The van der Waals surface area contributed by atoms with Crippen LogP contribution in [0.15, 0.2) is 36.5 Å². The molecule has 0 aromatic rings. The molecule has 0 radical (unpaired) electrons. The Kier molecular flexibility index (Phi) is 46.2. The number of rotatable bonds is 48. The highest BCUT2D eigenvalue weighted by Crippen LogP contribution is 2.43. The monoisotopic (exact) mass is 867 g/mol. The molecule has 0 aliphatic rings. The van der Waals surface area contributed by atoms with Crippen LogP contribution in [0.2, 0.25) is 0 Å². The maximum Gasteiger partial charge on any atom is 0.472 e. The minimum Gasteiger partial charge on any atom is -0.387 e. The van der Waals surface area contributed by atoms with Crippen molar-refractivity contribution in [1.29, 1.82) is 0 Å². The average molecular weight is 867 g/mol. The number of phosphoric ester groups is 1. The zero-order valence-electron chi connectivity index (χ0n) is 39.5. The van der Waals surface area contributed by atoms with Crippen LogP contribution in [0.4, 0.5) is 0 Å². The van der Waals surface area contributed by atoms with Gasteiger partial charge < -0.3 is 21.1 Å². The van der Waals surface area contributed by atoms with Crippen LogP contribution in [0.3, 0.4) is 0 Å². The zero-order chi connectivity index (χ0) is 43.9. The molecular formula is C51H99N2O6P. The molecule has 5 N–H and O–H groups in total. The summed E-state index contributed by atoms with van der Waals surface area (Å²) < 4.78 is 22.2. The molecule has 0 aliphatic heterocycles. The summed E-state index contributed by atoms with van der Waals surface area (Å²) in [4.78, 5) is 22.8. The van der Waals surface area contributed by atoms with E-state index in [0.717, 1.165) is 44.9 Å². The molecule has 0 rings (SSSR count). The lowest BCUT2D eigenvalue weighted by Crippen LogP contribution is -2.45. The molecule has 0 saturated carbocycles. The quantitative estimate of drug-likeness (QED) is 0.0272. The van der Waals surface area contributed by atoms with Crippen molar-refractivity contribution in [3.8, 4) is 0 Å². The summed E-state index contributed by atoms with van der Waals surface area (Å²) in [5.41, 5.74) is 5.39. The Hall–Kier alpha value is -1.28. The van der Waals surface area contributed by atoms with Gasteiger partial charge in [-0.1, -0.05) is 237 Å². The van der Waals surface area contributed by atoms with Crippen molar-refractivity contribution in [1.82, 2.24) is 5.32 Å². The number of nitrogens with two attached hydrogens (primary N) is 1. The number of unbranched alkanes of at least 4 members (excludes halogenated alkanes) is 32. The van der Waals surface area contributed by atoms with E-state index in [9.17, 15) is 19.4 Å². The minimum atomic E-state index is -4.35. The topological polar surface area (TPSA) is 131 Å². The van der Waals surface area contributed by atoms with E-state index in [4.69, 9.17) is 14.8 Å². The van der Waals surface area contributed by atoms with Gasteiger partial charge >= 0.3 is 7.82 Å². The van der Waals surface area contributed by atoms with Crippen LogP contribution >= 0.6 is 7.82 Å². The van der Waals surface area contributed by atoms with Gasteiger partial charge in [-0.05, 0) is 44.9 Å². The maximum absolute atomic E-state index is 12.8. The second kappa shape index (κ2) is 47.2. The number of phosphoric acid groups is 1. The van der Waals surface area contributed by atoms with E-state index >= 15 is 0 Å². The van der Waals surface area contributed by atoms with Crippen molar-refractivity contribution in [3.05, 3.63) is 36.5 Å². The number of hydrogen-bond acceptors (Lipinski definition) is 6.